The van der Waals surface area contributed by atoms with Gasteiger partial charge in [0.2, 0.25) is 0 Å². The zero-order valence-corrected chi connectivity index (χ0v) is 12.3. The van der Waals surface area contributed by atoms with Crippen LogP contribution in [-0.4, -0.2) is 27.1 Å². The Hall–Kier alpha value is -2.63. The molecule has 112 valence electrons. The number of aromatic amines is 1. The summed E-state index contributed by atoms with van der Waals surface area (Å²) in [4.78, 5) is 12.6. The molecule has 1 N–H and O–H groups in total. The fourth-order valence-electron chi connectivity index (χ4n) is 3.01. The second-order valence-electron chi connectivity index (χ2n) is 5.50. The van der Waals surface area contributed by atoms with E-state index in [0.29, 0.717) is 11.4 Å². The van der Waals surface area contributed by atoms with Crippen LogP contribution in [0.5, 0.6) is 5.75 Å². The number of nitrogens with one attached hydrogen (secondary N) is 1. The summed E-state index contributed by atoms with van der Waals surface area (Å²) in [5.41, 5.74) is 3.92. The Morgan fingerprint density at radius 1 is 1.14 bits per heavy atom. The normalized spacial score (nSPS) is 14.0. The Labute approximate surface area is 127 Å². The molecule has 2 aliphatic heterocycles. The maximum Gasteiger partial charge on any atom is 0.301 e. The molecule has 0 unspecified atom stereocenters. The number of nitrogens with zero attached hydrogens (tertiary/aromatic N) is 3. The molecule has 2 heterocycles. The largest absolute Gasteiger partial charge is 0.497 e. The van der Waals surface area contributed by atoms with E-state index >= 15 is 0 Å². The quantitative estimate of drug-likeness (QED) is 0.784. The molecule has 6 nitrogen and oxygen atoms in total. The molecular weight excluding hydrogens is 280 g/mol. The smallest absolute Gasteiger partial charge is 0.301 e. The molecule has 3 aliphatic rings. The lowest BCUT2D eigenvalue weighted by Crippen LogP contribution is -2.16. The highest BCUT2D eigenvalue weighted by atomic mass is 16.5. The summed E-state index contributed by atoms with van der Waals surface area (Å²) in [6, 6.07) is 7.27. The molecule has 0 fully saturated rings. The van der Waals surface area contributed by atoms with E-state index < -0.39 is 0 Å². The molecule has 4 rings (SSSR count). The summed E-state index contributed by atoms with van der Waals surface area (Å²) in [5.74, 6) is 0.747. The summed E-state index contributed by atoms with van der Waals surface area (Å²) in [6.45, 7) is 0. The van der Waals surface area contributed by atoms with E-state index in [1.54, 1.807) is 7.11 Å². The van der Waals surface area contributed by atoms with Crippen molar-refractivity contribution in [1.82, 2.24) is 20.0 Å². The number of rotatable bonds is 2. The van der Waals surface area contributed by atoms with Crippen molar-refractivity contribution in [2.24, 2.45) is 0 Å². The maximum absolute atomic E-state index is 12.6. The van der Waals surface area contributed by atoms with Crippen molar-refractivity contribution < 1.29 is 4.74 Å². The van der Waals surface area contributed by atoms with Crippen LogP contribution in [0.1, 0.15) is 24.1 Å². The topological polar surface area (TPSA) is 72.8 Å². The van der Waals surface area contributed by atoms with E-state index in [9.17, 15) is 4.79 Å². The number of hydrogen-bond acceptors (Lipinski definition) is 4. The van der Waals surface area contributed by atoms with Gasteiger partial charge in [-0.1, -0.05) is 0 Å². The van der Waals surface area contributed by atoms with Crippen molar-refractivity contribution in [3.8, 4) is 22.8 Å². The van der Waals surface area contributed by atoms with Gasteiger partial charge in [-0.3, -0.25) is 9.89 Å². The highest BCUT2D eigenvalue weighted by molar-refractivity contribution is 5.61. The monoisotopic (exact) mass is 296 g/mol. The summed E-state index contributed by atoms with van der Waals surface area (Å²) < 4.78 is 6.56. The van der Waals surface area contributed by atoms with Crippen molar-refractivity contribution in [1.29, 1.82) is 0 Å². The molecule has 0 atom stereocenters. The minimum Gasteiger partial charge on any atom is -0.497 e. The van der Waals surface area contributed by atoms with E-state index in [1.165, 1.54) is 4.68 Å². The average molecular weight is 296 g/mol. The van der Waals surface area contributed by atoms with Gasteiger partial charge in [0.25, 0.3) is 0 Å². The van der Waals surface area contributed by atoms with Crippen LogP contribution in [0.4, 0.5) is 0 Å². The van der Waals surface area contributed by atoms with Crippen LogP contribution in [-0.2, 0) is 12.8 Å². The predicted octanol–water partition coefficient (Wildman–Crippen LogP) is 1.95. The Balaban J connectivity index is 1.89. The molecule has 0 bridgehead atoms. The summed E-state index contributed by atoms with van der Waals surface area (Å²) in [6.07, 6.45) is 4.20. The van der Waals surface area contributed by atoms with Gasteiger partial charge >= 0.3 is 5.56 Å². The first-order valence-corrected chi connectivity index (χ1v) is 7.41. The van der Waals surface area contributed by atoms with Crippen LogP contribution in [0, 0.1) is 0 Å². The fourth-order valence-corrected chi connectivity index (χ4v) is 3.01. The van der Waals surface area contributed by atoms with E-state index in [4.69, 9.17) is 4.74 Å². The van der Waals surface area contributed by atoms with E-state index in [-0.39, 0.29) is 5.56 Å². The van der Waals surface area contributed by atoms with Gasteiger partial charge in [0.15, 0.2) is 5.69 Å². The minimum absolute atomic E-state index is 0.190. The van der Waals surface area contributed by atoms with Gasteiger partial charge in [0.1, 0.15) is 11.4 Å². The zero-order valence-electron chi connectivity index (χ0n) is 12.3. The number of methoxy groups -OCH3 is 1. The zero-order chi connectivity index (χ0) is 15.1. The van der Waals surface area contributed by atoms with Gasteiger partial charge in [-0.15, -0.1) is 0 Å². The molecule has 0 saturated heterocycles. The predicted molar refractivity (Wildman–Crippen MR) is 81.8 cm³/mol. The van der Waals surface area contributed by atoms with Gasteiger partial charge in [0.05, 0.1) is 12.8 Å². The van der Waals surface area contributed by atoms with E-state index in [2.05, 4.69) is 15.3 Å². The lowest BCUT2D eigenvalue weighted by molar-refractivity contribution is 0.414. The lowest BCUT2D eigenvalue weighted by Gasteiger charge is -2.16. The van der Waals surface area contributed by atoms with Crippen molar-refractivity contribution >= 4 is 0 Å². The molecular formula is C16H16N4O2. The number of aromatic nitrogens is 4. The molecule has 0 radical (unpaired) electrons. The third-order valence-electron chi connectivity index (χ3n) is 4.19. The minimum atomic E-state index is -0.190. The second-order valence-corrected chi connectivity index (χ2v) is 5.50. The number of H-pyrrole nitrogens is 1. The van der Waals surface area contributed by atoms with Gasteiger partial charge in [-0.05, 0) is 49.9 Å². The van der Waals surface area contributed by atoms with Crippen molar-refractivity contribution in [2.75, 3.05) is 7.11 Å². The highest BCUT2D eigenvalue weighted by Crippen LogP contribution is 2.27. The molecule has 0 aromatic heterocycles. The van der Waals surface area contributed by atoms with Gasteiger partial charge in [0, 0.05) is 11.3 Å². The average Bonchev–Trinajstić information content (AvgIpc) is 2.92. The van der Waals surface area contributed by atoms with Crippen LogP contribution in [0.15, 0.2) is 29.1 Å². The molecule has 6 heteroatoms. The van der Waals surface area contributed by atoms with Crippen LogP contribution < -0.4 is 10.3 Å². The van der Waals surface area contributed by atoms with Gasteiger partial charge in [-0.2, -0.15) is 14.9 Å². The molecule has 22 heavy (non-hydrogen) atoms. The molecule has 1 aromatic rings. The Morgan fingerprint density at radius 3 is 2.68 bits per heavy atom. The van der Waals surface area contributed by atoms with Crippen LogP contribution >= 0.6 is 0 Å². The maximum atomic E-state index is 12.6. The first kappa shape index (κ1) is 13.1. The number of aryl methyl sites for hydroxylation is 1. The molecule has 1 aromatic carbocycles. The van der Waals surface area contributed by atoms with Gasteiger partial charge < -0.3 is 4.74 Å². The second kappa shape index (κ2) is 4.98. The summed E-state index contributed by atoms with van der Waals surface area (Å²) in [7, 11) is 1.61. The fraction of sp³-hybridized carbons (Fsp3) is 0.312. The number of fused-ring (bicyclic) bond motifs is 3. The summed E-state index contributed by atoms with van der Waals surface area (Å²) in [5, 5.41) is 11.8. The first-order chi connectivity index (χ1) is 10.8. The molecule has 0 amide bonds. The van der Waals surface area contributed by atoms with Crippen molar-refractivity contribution in [3.63, 3.8) is 0 Å². The third kappa shape index (κ3) is 1.91. The number of hydrogen-bond donors (Lipinski definition) is 1. The van der Waals surface area contributed by atoms with Gasteiger partial charge in [-0.25, -0.2) is 0 Å². The molecule has 0 saturated carbocycles. The molecule has 1 aliphatic carbocycles. The number of ether oxygens (including phenoxy) is 1. The lowest BCUT2D eigenvalue weighted by atomic mass is 9.94. The standard InChI is InChI=1S/C16H16N4O2/c1-22-11-8-6-10(7-9-11)20-16(21)15-14(19-20)12-4-2-3-5-13(12)17-18-15/h6-9,17H,2-5H2,1H3. The third-order valence-corrected chi connectivity index (χ3v) is 4.19. The van der Waals surface area contributed by atoms with Crippen LogP contribution in [0.25, 0.3) is 17.1 Å². The van der Waals surface area contributed by atoms with E-state index in [1.807, 2.05) is 24.3 Å². The van der Waals surface area contributed by atoms with Crippen LogP contribution in [0.3, 0.4) is 0 Å². The van der Waals surface area contributed by atoms with E-state index in [0.717, 1.165) is 48.4 Å². The Bertz CT molecular complexity index is 848. The van der Waals surface area contributed by atoms with Crippen molar-refractivity contribution in [2.45, 2.75) is 25.7 Å². The Morgan fingerprint density at radius 2 is 1.91 bits per heavy atom. The number of benzene rings is 1. The SMILES string of the molecule is COc1ccc(-n2nc3c4c([nH]nc-3c2=O)CCCC4)cc1. The van der Waals surface area contributed by atoms with Crippen molar-refractivity contribution in [3.05, 3.63) is 45.9 Å². The Kier molecular flexibility index (Phi) is 2.96. The highest BCUT2D eigenvalue weighted by Gasteiger charge is 2.25. The first-order valence-electron chi connectivity index (χ1n) is 7.41. The summed E-state index contributed by atoms with van der Waals surface area (Å²) >= 11 is 0. The van der Waals surface area contributed by atoms with Crippen LogP contribution in [0.2, 0.25) is 0 Å². The molecule has 0 spiro atoms.